The molecule has 0 saturated carbocycles. The molecule has 0 unspecified atom stereocenters. The monoisotopic (exact) mass is 894 g/mol. The number of halogens is 1. The maximum absolute atomic E-state index is 5.74. The summed E-state index contributed by atoms with van der Waals surface area (Å²) in [6, 6.07) is 35.0. The Kier molecular flexibility index (Phi) is 23.1. The Bertz CT molecular complexity index is 2040. The molecule has 0 aromatic heterocycles. The fraction of sp³-hybridized carbons (Fsp3) is 0.269. The summed E-state index contributed by atoms with van der Waals surface area (Å²) in [4.78, 5) is 0. The number of terminal acetylenes is 2. The SMILES string of the molecule is C#Cc1ccc(C#C)cc1.CNCCc1cc(I)cc(CCNC)c1.NCCc1cc(C#Cc2ccc(C#Cc3cc(CCN)cc(CCN)c3)cc2)cc(CCN)c1. The van der Waals surface area contributed by atoms with Crippen LogP contribution in [-0.4, -0.2) is 53.4 Å². The van der Waals surface area contributed by atoms with E-state index in [9.17, 15) is 0 Å². The molecule has 10 N–H and O–H groups in total. The number of rotatable bonds is 14. The molecule has 5 aromatic rings. The summed E-state index contributed by atoms with van der Waals surface area (Å²) in [5.74, 6) is 18.1. The third-order valence-corrected chi connectivity index (χ3v) is 9.61. The van der Waals surface area contributed by atoms with Crippen molar-refractivity contribution in [3.8, 4) is 48.4 Å². The van der Waals surface area contributed by atoms with Crippen LogP contribution in [0, 0.1) is 51.9 Å². The highest BCUT2D eigenvalue weighted by molar-refractivity contribution is 14.1. The van der Waals surface area contributed by atoms with Crippen LogP contribution in [0.25, 0.3) is 0 Å². The predicted octanol–water partition coefficient (Wildman–Crippen LogP) is 5.96. The third-order valence-electron chi connectivity index (χ3n) is 8.99. The van der Waals surface area contributed by atoms with Gasteiger partial charge in [-0.3, -0.25) is 0 Å². The number of nitrogens with two attached hydrogens (primary N) is 4. The summed E-state index contributed by atoms with van der Waals surface area (Å²) >= 11 is 2.39. The van der Waals surface area contributed by atoms with Crippen molar-refractivity contribution in [1.82, 2.24) is 10.6 Å². The number of hydrogen-bond donors (Lipinski definition) is 6. The van der Waals surface area contributed by atoms with E-state index in [0.717, 1.165) is 85.0 Å². The number of benzene rings is 5. The van der Waals surface area contributed by atoms with Gasteiger partial charge >= 0.3 is 0 Å². The molecular weight excluding hydrogens is 836 g/mol. The van der Waals surface area contributed by atoms with Crippen LogP contribution in [0.2, 0.25) is 0 Å². The van der Waals surface area contributed by atoms with Crippen LogP contribution in [-0.2, 0) is 38.5 Å². The van der Waals surface area contributed by atoms with Crippen LogP contribution in [0.5, 0.6) is 0 Å². The molecule has 6 nitrogen and oxygen atoms in total. The number of nitrogens with one attached hydrogen (secondary N) is 2. The van der Waals surface area contributed by atoms with Gasteiger partial charge < -0.3 is 33.6 Å². The number of likely N-dealkylation sites (N-methyl/N-ethyl adjacent to an activating group) is 2. The van der Waals surface area contributed by atoms with Crippen molar-refractivity contribution in [2.75, 3.05) is 53.4 Å². The normalized spacial score (nSPS) is 9.92. The lowest BCUT2D eigenvalue weighted by Crippen LogP contribution is -2.12. The Labute approximate surface area is 367 Å². The molecule has 0 bridgehead atoms. The first-order valence-electron chi connectivity index (χ1n) is 20.1. The Morgan fingerprint density at radius 1 is 0.407 bits per heavy atom. The molecule has 0 aliphatic carbocycles. The van der Waals surface area contributed by atoms with Crippen LogP contribution in [0.1, 0.15) is 66.8 Å². The molecule has 0 radical (unpaired) electrons. The number of hydrogen-bond acceptors (Lipinski definition) is 6. The highest BCUT2D eigenvalue weighted by Crippen LogP contribution is 2.15. The van der Waals surface area contributed by atoms with E-state index in [1.165, 1.54) is 37.0 Å². The lowest BCUT2D eigenvalue weighted by Gasteiger charge is -2.06. The standard InChI is InChI=1S/C30H34N4.C12H19IN2.C10H6/c31-13-9-27-17-25(18-28(21-27)10-14-32)7-5-23-1-2-24(4-3-23)6-8-26-19-29(11-15-33)22-30(20-26)12-16-34;1-14-5-3-10-7-11(4-6-15-2)9-12(13)8-10;1-3-9-5-7-10(4-2)8-6-9/h1-4,17-22H,9-16,31-34H2;7-9,14-15H,3-6H2,1-2H3;1-2,5-8H. The van der Waals surface area contributed by atoms with Gasteiger partial charge in [0.25, 0.3) is 0 Å². The van der Waals surface area contributed by atoms with Gasteiger partial charge in [0, 0.05) is 37.0 Å². The average molecular weight is 895 g/mol. The molecule has 0 spiro atoms. The first-order valence-corrected chi connectivity index (χ1v) is 21.1. The van der Waals surface area contributed by atoms with E-state index in [1.807, 2.05) is 62.6 Å². The Morgan fingerprint density at radius 3 is 0.949 bits per heavy atom. The topological polar surface area (TPSA) is 128 Å². The van der Waals surface area contributed by atoms with Crippen molar-refractivity contribution in [3.05, 3.63) is 173 Å². The minimum atomic E-state index is 0.618. The first-order chi connectivity index (χ1) is 28.7. The fourth-order valence-corrected chi connectivity index (χ4v) is 6.85. The Balaban J connectivity index is 0.000000303. The molecule has 304 valence electrons. The van der Waals surface area contributed by atoms with Crippen LogP contribution in [0.15, 0.2) is 103 Å². The molecule has 0 heterocycles. The van der Waals surface area contributed by atoms with E-state index in [4.69, 9.17) is 35.8 Å². The van der Waals surface area contributed by atoms with E-state index in [-0.39, 0.29) is 0 Å². The summed E-state index contributed by atoms with van der Waals surface area (Å²) in [5, 5.41) is 6.37. The van der Waals surface area contributed by atoms with Gasteiger partial charge in [0.15, 0.2) is 0 Å². The summed E-state index contributed by atoms with van der Waals surface area (Å²) < 4.78 is 1.34. The van der Waals surface area contributed by atoms with Gasteiger partial charge in [0.2, 0.25) is 0 Å². The van der Waals surface area contributed by atoms with Crippen LogP contribution < -0.4 is 33.6 Å². The van der Waals surface area contributed by atoms with Gasteiger partial charge in [0.1, 0.15) is 0 Å². The zero-order valence-corrected chi connectivity index (χ0v) is 36.8. The van der Waals surface area contributed by atoms with Crippen molar-refractivity contribution >= 4 is 22.6 Å². The van der Waals surface area contributed by atoms with Crippen molar-refractivity contribution in [2.24, 2.45) is 22.9 Å². The van der Waals surface area contributed by atoms with E-state index in [2.05, 4.69) is 123 Å². The zero-order chi connectivity index (χ0) is 42.7. The van der Waals surface area contributed by atoms with Crippen molar-refractivity contribution in [1.29, 1.82) is 0 Å². The second-order valence-electron chi connectivity index (χ2n) is 13.8. The van der Waals surface area contributed by atoms with Crippen LogP contribution in [0.3, 0.4) is 0 Å². The van der Waals surface area contributed by atoms with Gasteiger partial charge in [-0.25, -0.2) is 0 Å². The maximum Gasteiger partial charge on any atom is 0.0254 e. The molecule has 0 fully saturated rings. The van der Waals surface area contributed by atoms with Gasteiger partial charge in [-0.05, 0) is 233 Å². The molecule has 0 aliphatic heterocycles. The Morgan fingerprint density at radius 2 is 0.678 bits per heavy atom. The second-order valence-corrected chi connectivity index (χ2v) is 15.1. The molecule has 5 aromatic carbocycles. The highest BCUT2D eigenvalue weighted by Gasteiger charge is 2.02. The largest absolute Gasteiger partial charge is 0.330 e. The first kappa shape index (κ1) is 48.2. The molecule has 0 amide bonds. The molecule has 7 heteroatoms. The average Bonchev–Trinajstić information content (AvgIpc) is 3.24. The molecule has 0 saturated heterocycles. The fourth-order valence-electron chi connectivity index (χ4n) is 6.05. The minimum absolute atomic E-state index is 0.618. The summed E-state index contributed by atoms with van der Waals surface area (Å²) in [5.41, 5.74) is 36.2. The van der Waals surface area contributed by atoms with E-state index >= 15 is 0 Å². The van der Waals surface area contributed by atoms with Gasteiger partial charge in [-0.2, -0.15) is 0 Å². The van der Waals surface area contributed by atoms with Crippen molar-refractivity contribution in [3.63, 3.8) is 0 Å². The molecule has 5 rings (SSSR count). The molecule has 59 heavy (non-hydrogen) atoms. The van der Waals surface area contributed by atoms with Crippen LogP contribution in [0.4, 0.5) is 0 Å². The van der Waals surface area contributed by atoms with Gasteiger partial charge in [0.05, 0.1) is 0 Å². The van der Waals surface area contributed by atoms with E-state index < -0.39 is 0 Å². The predicted molar refractivity (Wildman–Crippen MR) is 259 cm³/mol. The quantitative estimate of drug-likeness (QED) is 0.0605. The van der Waals surface area contributed by atoms with Gasteiger partial charge in [-0.15, -0.1) is 12.8 Å². The smallest absolute Gasteiger partial charge is 0.0254 e. The molecular formula is C52H59IN6. The highest BCUT2D eigenvalue weighted by atomic mass is 127. The third kappa shape index (κ3) is 19.0. The van der Waals surface area contributed by atoms with Crippen molar-refractivity contribution < 1.29 is 0 Å². The molecule has 0 aliphatic rings. The zero-order valence-electron chi connectivity index (χ0n) is 34.6. The summed E-state index contributed by atoms with van der Waals surface area (Å²) in [7, 11) is 3.99. The minimum Gasteiger partial charge on any atom is -0.330 e. The van der Waals surface area contributed by atoms with Crippen LogP contribution >= 0.6 is 22.6 Å². The summed E-state index contributed by atoms with van der Waals surface area (Å²) in [6.07, 6.45) is 15.8. The lowest BCUT2D eigenvalue weighted by molar-refractivity contribution is 0.779. The Hall–Kier alpha value is -5.17. The van der Waals surface area contributed by atoms with Gasteiger partial charge in [-0.1, -0.05) is 53.7 Å². The molecule has 0 atom stereocenters. The maximum atomic E-state index is 5.74. The summed E-state index contributed by atoms with van der Waals surface area (Å²) in [6.45, 7) is 4.57. The second kappa shape index (κ2) is 28.3. The van der Waals surface area contributed by atoms with Crippen molar-refractivity contribution in [2.45, 2.75) is 38.5 Å². The van der Waals surface area contributed by atoms with E-state index in [1.54, 1.807) is 0 Å². The van der Waals surface area contributed by atoms with E-state index in [0.29, 0.717) is 26.2 Å². The lowest BCUT2D eigenvalue weighted by atomic mass is 10.0.